The quantitative estimate of drug-likeness (QED) is 0.537. The van der Waals surface area contributed by atoms with Crippen LogP contribution in [0.4, 0.5) is 0 Å². The average molecular weight is 180 g/mol. The SMILES string of the molecule is C(#Cc1ccccc1)C1=CCCC=C1. The van der Waals surface area contributed by atoms with E-state index in [1.54, 1.807) is 0 Å². The van der Waals surface area contributed by atoms with Gasteiger partial charge in [0.15, 0.2) is 0 Å². The van der Waals surface area contributed by atoms with Crippen LogP contribution in [0.3, 0.4) is 0 Å². The van der Waals surface area contributed by atoms with Crippen LogP contribution in [0.5, 0.6) is 0 Å². The van der Waals surface area contributed by atoms with Crippen LogP contribution >= 0.6 is 0 Å². The fourth-order valence-corrected chi connectivity index (χ4v) is 1.37. The summed E-state index contributed by atoms with van der Waals surface area (Å²) in [5, 5.41) is 0. The van der Waals surface area contributed by atoms with E-state index in [0.29, 0.717) is 0 Å². The zero-order valence-electron chi connectivity index (χ0n) is 8.03. The molecule has 0 saturated carbocycles. The minimum Gasteiger partial charge on any atom is -0.0830 e. The highest BCUT2D eigenvalue weighted by molar-refractivity contribution is 5.45. The Kier molecular flexibility index (Phi) is 2.83. The predicted octanol–water partition coefficient (Wildman–Crippen LogP) is 3.31. The van der Waals surface area contributed by atoms with Gasteiger partial charge in [0, 0.05) is 11.1 Å². The summed E-state index contributed by atoms with van der Waals surface area (Å²) in [6, 6.07) is 10.1. The Morgan fingerprint density at radius 2 is 1.79 bits per heavy atom. The van der Waals surface area contributed by atoms with Gasteiger partial charge in [-0.15, -0.1) is 0 Å². The van der Waals surface area contributed by atoms with E-state index < -0.39 is 0 Å². The monoisotopic (exact) mass is 180 g/mol. The summed E-state index contributed by atoms with van der Waals surface area (Å²) in [5.74, 6) is 6.31. The molecule has 0 radical (unpaired) electrons. The van der Waals surface area contributed by atoms with Crippen LogP contribution in [-0.2, 0) is 0 Å². The highest BCUT2D eigenvalue weighted by Gasteiger charge is 1.91. The molecule has 0 amide bonds. The largest absolute Gasteiger partial charge is 0.0830 e. The molecule has 68 valence electrons. The van der Waals surface area contributed by atoms with Gasteiger partial charge in [-0.2, -0.15) is 0 Å². The summed E-state index contributed by atoms with van der Waals surface area (Å²) < 4.78 is 0. The summed E-state index contributed by atoms with van der Waals surface area (Å²) in [4.78, 5) is 0. The maximum atomic E-state index is 3.16. The van der Waals surface area contributed by atoms with Gasteiger partial charge >= 0.3 is 0 Å². The smallest absolute Gasteiger partial charge is 0.0249 e. The van der Waals surface area contributed by atoms with Crippen LogP contribution in [0.2, 0.25) is 0 Å². The molecule has 0 N–H and O–H groups in total. The zero-order chi connectivity index (χ0) is 9.64. The normalized spacial score (nSPS) is 14.1. The summed E-state index contributed by atoms with van der Waals surface area (Å²) in [6.07, 6.45) is 8.73. The molecule has 0 aromatic heterocycles. The number of rotatable bonds is 0. The summed E-state index contributed by atoms with van der Waals surface area (Å²) >= 11 is 0. The lowest BCUT2D eigenvalue weighted by Crippen LogP contribution is -1.80. The second-order valence-electron chi connectivity index (χ2n) is 3.26. The molecular formula is C14H12. The molecule has 2 rings (SSSR count). The highest BCUT2D eigenvalue weighted by Crippen LogP contribution is 2.08. The summed E-state index contributed by atoms with van der Waals surface area (Å²) in [7, 11) is 0. The average Bonchev–Trinajstić information content (AvgIpc) is 2.29. The van der Waals surface area contributed by atoms with Crippen molar-refractivity contribution in [1.29, 1.82) is 0 Å². The maximum Gasteiger partial charge on any atom is 0.0249 e. The first-order valence-corrected chi connectivity index (χ1v) is 4.89. The zero-order valence-corrected chi connectivity index (χ0v) is 8.03. The molecule has 0 fully saturated rings. The van der Waals surface area contributed by atoms with E-state index in [1.165, 1.54) is 0 Å². The van der Waals surface area contributed by atoms with Crippen LogP contribution in [0.25, 0.3) is 0 Å². The molecule has 0 saturated heterocycles. The van der Waals surface area contributed by atoms with Crippen LogP contribution in [0.1, 0.15) is 18.4 Å². The lowest BCUT2D eigenvalue weighted by atomic mass is 10.1. The van der Waals surface area contributed by atoms with Crippen molar-refractivity contribution in [1.82, 2.24) is 0 Å². The molecule has 1 aromatic carbocycles. The van der Waals surface area contributed by atoms with Gasteiger partial charge in [0.1, 0.15) is 0 Å². The third-order valence-corrected chi connectivity index (χ3v) is 2.12. The molecule has 0 unspecified atom stereocenters. The first-order chi connectivity index (χ1) is 6.95. The second kappa shape index (κ2) is 4.48. The van der Waals surface area contributed by atoms with Crippen molar-refractivity contribution in [3.63, 3.8) is 0 Å². The molecule has 0 heterocycles. The topological polar surface area (TPSA) is 0 Å². The van der Waals surface area contributed by atoms with Crippen molar-refractivity contribution >= 4 is 0 Å². The second-order valence-corrected chi connectivity index (χ2v) is 3.26. The molecular weight excluding hydrogens is 168 g/mol. The van der Waals surface area contributed by atoms with E-state index in [1.807, 2.05) is 30.3 Å². The predicted molar refractivity (Wildman–Crippen MR) is 59.8 cm³/mol. The Balaban J connectivity index is 2.14. The van der Waals surface area contributed by atoms with Gasteiger partial charge in [0.2, 0.25) is 0 Å². The van der Waals surface area contributed by atoms with Crippen molar-refractivity contribution in [2.45, 2.75) is 12.8 Å². The first kappa shape index (κ1) is 8.84. The molecule has 0 bridgehead atoms. The maximum absolute atomic E-state index is 3.16. The minimum absolute atomic E-state index is 1.08. The molecule has 0 aliphatic heterocycles. The van der Waals surface area contributed by atoms with Crippen LogP contribution in [-0.4, -0.2) is 0 Å². The van der Waals surface area contributed by atoms with Gasteiger partial charge in [0.25, 0.3) is 0 Å². The number of allylic oxidation sites excluding steroid dienone is 4. The summed E-state index contributed by atoms with van der Waals surface area (Å²) in [6.45, 7) is 0. The van der Waals surface area contributed by atoms with E-state index in [-0.39, 0.29) is 0 Å². The van der Waals surface area contributed by atoms with Crippen LogP contribution in [0, 0.1) is 11.8 Å². The summed E-state index contributed by atoms with van der Waals surface area (Å²) in [5.41, 5.74) is 2.22. The third-order valence-electron chi connectivity index (χ3n) is 2.12. The van der Waals surface area contributed by atoms with Gasteiger partial charge in [-0.3, -0.25) is 0 Å². The third kappa shape index (κ3) is 2.37. The van der Waals surface area contributed by atoms with Gasteiger partial charge in [-0.25, -0.2) is 0 Å². The van der Waals surface area contributed by atoms with Crippen molar-refractivity contribution in [2.24, 2.45) is 0 Å². The Morgan fingerprint density at radius 1 is 0.929 bits per heavy atom. The van der Waals surface area contributed by atoms with E-state index >= 15 is 0 Å². The molecule has 0 spiro atoms. The Bertz CT molecular complexity index is 410. The number of hydrogen-bond acceptors (Lipinski definition) is 0. The van der Waals surface area contributed by atoms with E-state index in [9.17, 15) is 0 Å². The van der Waals surface area contributed by atoms with E-state index in [2.05, 4.69) is 30.1 Å². The Hall–Kier alpha value is -1.74. The molecule has 0 heteroatoms. The Morgan fingerprint density at radius 3 is 2.50 bits per heavy atom. The van der Waals surface area contributed by atoms with Gasteiger partial charge < -0.3 is 0 Å². The van der Waals surface area contributed by atoms with Gasteiger partial charge in [0.05, 0.1) is 0 Å². The van der Waals surface area contributed by atoms with E-state index in [4.69, 9.17) is 0 Å². The van der Waals surface area contributed by atoms with Crippen LogP contribution in [0.15, 0.2) is 54.1 Å². The van der Waals surface area contributed by atoms with Crippen molar-refractivity contribution in [3.05, 3.63) is 59.7 Å². The van der Waals surface area contributed by atoms with Crippen molar-refractivity contribution in [2.75, 3.05) is 0 Å². The fraction of sp³-hybridized carbons (Fsp3) is 0.143. The molecule has 0 nitrogen and oxygen atoms in total. The first-order valence-electron chi connectivity index (χ1n) is 4.89. The van der Waals surface area contributed by atoms with E-state index in [0.717, 1.165) is 24.0 Å². The molecule has 0 atom stereocenters. The fourth-order valence-electron chi connectivity index (χ4n) is 1.37. The number of hydrogen-bond donors (Lipinski definition) is 0. The lowest BCUT2D eigenvalue weighted by molar-refractivity contribution is 1.03. The van der Waals surface area contributed by atoms with Crippen LogP contribution < -0.4 is 0 Å². The molecule has 14 heavy (non-hydrogen) atoms. The van der Waals surface area contributed by atoms with Gasteiger partial charge in [-0.05, 0) is 25.0 Å². The molecule has 1 aliphatic rings. The highest BCUT2D eigenvalue weighted by atomic mass is 14.0. The minimum atomic E-state index is 1.08. The van der Waals surface area contributed by atoms with Crippen molar-refractivity contribution < 1.29 is 0 Å². The standard InChI is InChI=1S/C14H12/c1-3-7-13(8-4-1)11-12-14-9-5-2-6-10-14/h1,3-5,7-10H,2,6H2. The number of benzene rings is 1. The Labute approximate surface area is 85.0 Å². The van der Waals surface area contributed by atoms with Crippen molar-refractivity contribution in [3.8, 4) is 11.8 Å². The van der Waals surface area contributed by atoms with Gasteiger partial charge in [-0.1, -0.05) is 48.3 Å². The molecule has 1 aromatic rings. The molecule has 1 aliphatic carbocycles. The lowest BCUT2D eigenvalue weighted by Gasteiger charge is -1.97.